The van der Waals surface area contributed by atoms with Crippen LogP contribution in [0.2, 0.25) is 0 Å². The molecule has 0 spiro atoms. The van der Waals surface area contributed by atoms with Gasteiger partial charge >= 0.3 is 6.03 Å². The van der Waals surface area contributed by atoms with E-state index in [2.05, 4.69) is 20.7 Å². The first kappa shape index (κ1) is 22.8. The van der Waals surface area contributed by atoms with E-state index in [1.807, 2.05) is 51.1 Å². The van der Waals surface area contributed by atoms with Crippen LogP contribution in [0.3, 0.4) is 0 Å². The van der Waals surface area contributed by atoms with E-state index in [0.29, 0.717) is 11.6 Å². The summed E-state index contributed by atoms with van der Waals surface area (Å²) in [6.07, 6.45) is 1.49. The van der Waals surface area contributed by atoms with E-state index >= 15 is 0 Å². The normalized spacial score (nSPS) is 11.2. The largest absolute Gasteiger partial charge is 0.457 e. The Hall–Kier alpha value is -4.40. The number of nitrogens with zero attached hydrogens (tertiary/aromatic N) is 3. The molecule has 0 radical (unpaired) electrons. The molecule has 0 saturated carbocycles. The molecule has 2 aromatic heterocycles. The number of benzene rings is 2. The third kappa shape index (κ3) is 5.32. The number of nitrogen functional groups attached to an aromatic ring is 1. The predicted octanol–water partition coefficient (Wildman–Crippen LogP) is 5.72. The van der Waals surface area contributed by atoms with Crippen LogP contribution < -0.4 is 21.1 Å². The maximum absolute atomic E-state index is 14.7. The van der Waals surface area contributed by atoms with Gasteiger partial charge in [-0.15, -0.1) is 0 Å². The summed E-state index contributed by atoms with van der Waals surface area (Å²) >= 11 is 0. The van der Waals surface area contributed by atoms with E-state index < -0.39 is 11.8 Å². The SMILES string of the molecule is CC(C)(C)c1cc(NC(=O)Nc2ccc(Oc3ccnc(N)c3)cc2F)n(-c2ccccc2)n1. The molecule has 174 valence electrons. The van der Waals surface area contributed by atoms with Crippen molar-refractivity contribution in [3.05, 3.63) is 84.4 Å². The molecule has 2 aromatic carbocycles. The third-order valence-electron chi connectivity index (χ3n) is 4.90. The maximum Gasteiger partial charge on any atom is 0.324 e. The third-order valence-corrected chi connectivity index (χ3v) is 4.90. The number of halogens is 1. The molecule has 2 amide bonds. The monoisotopic (exact) mass is 460 g/mol. The Labute approximate surface area is 196 Å². The first-order valence-electron chi connectivity index (χ1n) is 10.6. The van der Waals surface area contributed by atoms with Crippen LogP contribution in [0.1, 0.15) is 26.5 Å². The molecule has 8 nitrogen and oxygen atoms in total. The number of anilines is 3. The molecule has 4 N–H and O–H groups in total. The zero-order valence-electron chi connectivity index (χ0n) is 19.0. The minimum absolute atomic E-state index is 0.000846. The van der Waals surface area contributed by atoms with Gasteiger partial charge in [0.1, 0.15) is 29.0 Å². The number of hydrogen-bond acceptors (Lipinski definition) is 5. The van der Waals surface area contributed by atoms with Crippen LogP contribution in [0.5, 0.6) is 11.5 Å². The fourth-order valence-electron chi connectivity index (χ4n) is 3.16. The zero-order valence-corrected chi connectivity index (χ0v) is 19.0. The summed E-state index contributed by atoms with van der Waals surface area (Å²) in [5.41, 5.74) is 7.00. The topological polar surface area (TPSA) is 107 Å². The second-order valence-corrected chi connectivity index (χ2v) is 8.65. The second kappa shape index (κ2) is 9.22. The van der Waals surface area contributed by atoms with Crippen molar-refractivity contribution < 1.29 is 13.9 Å². The molecule has 9 heteroatoms. The lowest BCUT2D eigenvalue weighted by atomic mass is 9.92. The lowest BCUT2D eigenvalue weighted by molar-refractivity contribution is 0.262. The smallest absolute Gasteiger partial charge is 0.324 e. The van der Waals surface area contributed by atoms with Crippen molar-refractivity contribution >= 4 is 23.4 Å². The number of aromatic nitrogens is 3. The summed E-state index contributed by atoms with van der Waals surface area (Å²) in [6, 6.07) is 17.9. The number of amides is 2. The van der Waals surface area contributed by atoms with Crippen LogP contribution in [0.25, 0.3) is 5.69 Å². The van der Waals surface area contributed by atoms with Gasteiger partial charge in [-0.2, -0.15) is 5.10 Å². The van der Waals surface area contributed by atoms with E-state index in [9.17, 15) is 9.18 Å². The molecule has 4 aromatic rings. The highest BCUT2D eigenvalue weighted by Crippen LogP contribution is 2.28. The number of para-hydroxylation sites is 1. The Morgan fingerprint density at radius 2 is 1.74 bits per heavy atom. The van der Waals surface area contributed by atoms with E-state index in [1.165, 1.54) is 24.4 Å². The van der Waals surface area contributed by atoms with E-state index in [-0.39, 0.29) is 22.7 Å². The van der Waals surface area contributed by atoms with E-state index in [0.717, 1.165) is 11.4 Å². The van der Waals surface area contributed by atoms with E-state index in [1.54, 1.807) is 22.9 Å². The van der Waals surface area contributed by atoms with Gasteiger partial charge in [-0.1, -0.05) is 39.0 Å². The van der Waals surface area contributed by atoms with Crippen molar-refractivity contribution in [3.8, 4) is 17.2 Å². The molecular weight excluding hydrogens is 435 g/mol. The highest BCUT2D eigenvalue weighted by Gasteiger charge is 2.21. The zero-order chi connectivity index (χ0) is 24.3. The molecule has 0 aliphatic heterocycles. The number of urea groups is 1. The number of ether oxygens (including phenoxy) is 1. The van der Waals surface area contributed by atoms with Gasteiger partial charge < -0.3 is 15.8 Å². The van der Waals surface area contributed by atoms with E-state index in [4.69, 9.17) is 10.5 Å². The molecule has 0 atom stereocenters. The fourth-order valence-corrected chi connectivity index (χ4v) is 3.16. The van der Waals surface area contributed by atoms with Crippen LogP contribution in [-0.4, -0.2) is 20.8 Å². The summed E-state index contributed by atoms with van der Waals surface area (Å²) in [4.78, 5) is 16.6. The van der Waals surface area contributed by atoms with Crippen LogP contribution in [-0.2, 0) is 5.41 Å². The van der Waals surface area contributed by atoms with Gasteiger partial charge in [0.05, 0.1) is 17.1 Å². The molecule has 0 unspecified atom stereocenters. The van der Waals surface area contributed by atoms with Gasteiger partial charge in [-0.25, -0.2) is 18.9 Å². The molecule has 4 rings (SSSR count). The molecule has 0 fully saturated rings. The van der Waals surface area contributed by atoms with Gasteiger partial charge in [0.2, 0.25) is 0 Å². The van der Waals surface area contributed by atoms with Crippen molar-refractivity contribution in [3.63, 3.8) is 0 Å². The quantitative estimate of drug-likeness (QED) is 0.353. The number of hydrogen-bond donors (Lipinski definition) is 3. The maximum atomic E-state index is 14.7. The predicted molar refractivity (Wildman–Crippen MR) is 130 cm³/mol. The van der Waals surface area contributed by atoms with Crippen LogP contribution in [0, 0.1) is 5.82 Å². The summed E-state index contributed by atoms with van der Waals surface area (Å²) in [5.74, 6) is 0.781. The lowest BCUT2D eigenvalue weighted by Crippen LogP contribution is -2.21. The summed E-state index contributed by atoms with van der Waals surface area (Å²) in [7, 11) is 0. The number of nitrogens with two attached hydrogens (primary N) is 1. The molecule has 0 bridgehead atoms. The Kier molecular flexibility index (Phi) is 6.18. The number of carbonyl (C=O) groups is 1. The molecule has 0 saturated heterocycles. The minimum Gasteiger partial charge on any atom is -0.457 e. The summed E-state index contributed by atoms with van der Waals surface area (Å²) < 4.78 is 21.9. The van der Waals surface area contributed by atoms with Crippen molar-refractivity contribution in [2.24, 2.45) is 0 Å². The van der Waals surface area contributed by atoms with Crippen molar-refractivity contribution in [1.82, 2.24) is 14.8 Å². The number of carbonyl (C=O) groups excluding carboxylic acids is 1. The van der Waals surface area contributed by atoms with Gasteiger partial charge in [-0.05, 0) is 30.3 Å². The van der Waals surface area contributed by atoms with Crippen LogP contribution >= 0.6 is 0 Å². The Morgan fingerprint density at radius 1 is 1.00 bits per heavy atom. The molecule has 0 aliphatic rings. The second-order valence-electron chi connectivity index (χ2n) is 8.65. The first-order valence-corrected chi connectivity index (χ1v) is 10.6. The summed E-state index contributed by atoms with van der Waals surface area (Å²) in [5, 5.41) is 9.96. The first-order chi connectivity index (χ1) is 16.2. The Morgan fingerprint density at radius 3 is 2.41 bits per heavy atom. The number of pyridine rings is 1. The standard InChI is InChI=1S/C25H25FN6O2/c1-25(2,3)21-15-23(32(31-21)16-7-5-4-6-8-16)30-24(33)29-20-10-9-17(13-19(20)26)34-18-11-12-28-22(27)14-18/h4-15H,1-3H3,(H2,27,28)(H2,29,30,33). The van der Waals surface area contributed by atoms with Crippen LogP contribution in [0.4, 0.5) is 26.5 Å². The van der Waals surface area contributed by atoms with Gasteiger partial charge in [0.25, 0.3) is 0 Å². The number of nitrogens with one attached hydrogen (secondary N) is 2. The lowest BCUT2D eigenvalue weighted by Gasteiger charge is -2.14. The van der Waals surface area contributed by atoms with Crippen molar-refractivity contribution in [2.45, 2.75) is 26.2 Å². The average molecular weight is 461 g/mol. The van der Waals surface area contributed by atoms with Gasteiger partial charge in [0, 0.05) is 29.8 Å². The van der Waals surface area contributed by atoms with Crippen molar-refractivity contribution in [1.29, 1.82) is 0 Å². The molecular formula is C25H25FN6O2. The van der Waals surface area contributed by atoms with Gasteiger partial charge in [-0.3, -0.25) is 5.32 Å². The van der Waals surface area contributed by atoms with Crippen LogP contribution in [0.15, 0.2) is 72.9 Å². The molecule has 34 heavy (non-hydrogen) atoms. The van der Waals surface area contributed by atoms with Crippen molar-refractivity contribution in [2.75, 3.05) is 16.4 Å². The van der Waals surface area contributed by atoms with Gasteiger partial charge in [0.15, 0.2) is 0 Å². The highest BCUT2D eigenvalue weighted by atomic mass is 19.1. The fraction of sp³-hybridized carbons (Fsp3) is 0.160. The summed E-state index contributed by atoms with van der Waals surface area (Å²) in [6.45, 7) is 6.11. The molecule has 0 aliphatic carbocycles. The highest BCUT2D eigenvalue weighted by molar-refractivity contribution is 5.99. The minimum atomic E-state index is -0.651. The Bertz CT molecular complexity index is 1310. The number of rotatable bonds is 5. The Balaban J connectivity index is 1.51. The average Bonchev–Trinajstić information content (AvgIpc) is 3.20. The molecule has 2 heterocycles.